The van der Waals surface area contributed by atoms with Crippen LogP contribution in [0.4, 0.5) is 0 Å². The number of furan rings is 1. The minimum atomic E-state index is 0.292. The zero-order chi connectivity index (χ0) is 11.6. The highest BCUT2D eigenvalue weighted by atomic mass is 16.3. The van der Waals surface area contributed by atoms with E-state index in [0.29, 0.717) is 11.3 Å². The summed E-state index contributed by atoms with van der Waals surface area (Å²) in [6, 6.07) is 4.84. The maximum absolute atomic E-state index is 5.47. The molecule has 0 bridgehead atoms. The average Bonchev–Trinajstić information content (AvgIpc) is 2.94. The second kappa shape index (κ2) is 4.62. The molecule has 2 heteroatoms. The molecule has 0 radical (unpaired) electrons. The van der Waals surface area contributed by atoms with E-state index < -0.39 is 0 Å². The Hall–Kier alpha value is -0.760. The molecule has 0 aliphatic heterocycles. The predicted molar refractivity (Wildman–Crippen MR) is 66.4 cm³/mol. The molecule has 1 atom stereocenters. The smallest absolute Gasteiger partial charge is 0.104 e. The molecule has 1 aromatic heterocycles. The van der Waals surface area contributed by atoms with Gasteiger partial charge in [-0.3, -0.25) is 0 Å². The van der Waals surface area contributed by atoms with E-state index in [-0.39, 0.29) is 0 Å². The minimum absolute atomic E-state index is 0.292. The number of hydrogen-bond donors (Lipinski definition) is 1. The lowest BCUT2D eigenvalue weighted by molar-refractivity contribution is 0.194. The van der Waals surface area contributed by atoms with Gasteiger partial charge in [0.15, 0.2) is 0 Å². The largest absolute Gasteiger partial charge is 0.469 e. The first-order valence-corrected chi connectivity index (χ1v) is 6.36. The fraction of sp³-hybridized carbons (Fsp3) is 0.714. The zero-order valence-corrected chi connectivity index (χ0v) is 10.6. The van der Waals surface area contributed by atoms with E-state index in [4.69, 9.17) is 4.42 Å². The van der Waals surface area contributed by atoms with Gasteiger partial charge in [-0.25, -0.2) is 0 Å². The van der Waals surface area contributed by atoms with Crippen molar-refractivity contribution in [3.63, 3.8) is 0 Å². The third kappa shape index (κ3) is 2.88. The van der Waals surface area contributed by atoms with Gasteiger partial charge in [-0.1, -0.05) is 20.8 Å². The van der Waals surface area contributed by atoms with Gasteiger partial charge in [-0.05, 0) is 36.3 Å². The van der Waals surface area contributed by atoms with Crippen molar-refractivity contribution in [3.05, 3.63) is 24.2 Å². The summed E-state index contributed by atoms with van der Waals surface area (Å²) in [6.07, 6.45) is 5.51. The van der Waals surface area contributed by atoms with Crippen molar-refractivity contribution >= 4 is 0 Å². The number of nitrogens with one attached hydrogen (secondary N) is 1. The van der Waals surface area contributed by atoms with Gasteiger partial charge in [0.25, 0.3) is 0 Å². The average molecular weight is 221 g/mol. The molecule has 2 rings (SSSR count). The monoisotopic (exact) mass is 221 g/mol. The summed E-state index contributed by atoms with van der Waals surface area (Å²) in [5.41, 5.74) is 0.292. The maximum Gasteiger partial charge on any atom is 0.104 e. The van der Waals surface area contributed by atoms with Crippen molar-refractivity contribution in [3.8, 4) is 0 Å². The fourth-order valence-corrected chi connectivity index (χ4v) is 1.95. The van der Waals surface area contributed by atoms with Gasteiger partial charge in [-0.2, -0.15) is 0 Å². The van der Waals surface area contributed by atoms with Crippen LogP contribution in [0.3, 0.4) is 0 Å². The number of hydrogen-bond acceptors (Lipinski definition) is 2. The highest BCUT2D eigenvalue weighted by Gasteiger charge is 2.32. The van der Waals surface area contributed by atoms with Crippen molar-refractivity contribution in [2.45, 2.75) is 46.1 Å². The molecule has 1 fully saturated rings. The van der Waals surface area contributed by atoms with Crippen molar-refractivity contribution in [2.75, 3.05) is 6.54 Å². The quantitative estimate of drug-likeness (QED) is 0.797. The van der Waals surface area contributed by atoms with Crippen LogP contribution in [-0.4, -0.2) is 12.6 Å². The molecule has 2 nitrogen and oxygen atoms in total. The highest BCUT2D eigenvalue weighted by molar-refractivity contribution is 5.03. The second-order valence-corrected chi connectivity index (χ2v) is 5.72. The van der Waals surface area contributed by atoms with E-state index in [9.17, 15) is 0 Å². The van der Waals surface area contributed by atoms with Gasteiger partial charge in [0.1, 0.15) is 5.76 Å². The third-order valence-corrected chi connectivity index (χ3v) is 3.92. The Morgan fingerprint density at radius 2 is 2.25 bits per heavy atom. The summed E-state index contributed by atoms with van der Waals surface area (Å²) in [7, 11) is 0. The predicted octanol–water partition coefficient (Wildman–Crippen LogP) is 3.24. The summed E-state index contributed by atoms with van der Waals surface area (Å²) in [4.78, 5) is 0. The summed E-state index contributed by atoms with van der Waals surface area (Å²) < 4.78 is 5.47. The Morgan fingerprint density at radius 1 is 1.50 bits per heavy atom. The standard InChI is InChI=1S/C14H23NO/c1-11(2)14(3,10-15-12-6-7-12)9-13-5-4-8-16-13/h4-5,8,11-12,15H,6-7,9-10H2,1-3H3. The molecule has 0 saturated heterocycles. The molecule has 1 aromatic rings. The Balaban J connectivity index is 1.95. The number of rotatable bonds is 6. The van der Waals surface area contributed by atoms with Crippen molar-refractivity contribution in [2.24, 2.45) is 11.3 Å². The Morgan fingerprint density at radius 3 is 2.75 bits per heavy atom. The van der Waals surface area contributed by atoms with Crippen LogP contribution in [0, 0.1) is 11.3 Å². The van der Waals surface area contributed by atoms with E-state index in [1.165, 1.54) is 12.8 Å². The van der Waals surface area contributed by atoms with Crippen molar-refractivity contribution in [1.82, 2.24) is 5.32 Å². The molecule has 1 N–H and O–H groups in total. The molecular formula is C14H23NO. The fourth-order valence-electron chi connectivity index (χ4n) is 1.95. The van der Waals surface area contributed by atoms with Gasteiger partial charge in [-0.15, -0.1) is 0 Å². The van der Waals surface area contributed by atoms with E-state index in [1.54, 1.807) is 6.26 Å². The van der Waals surface area contributed by atoms with Gasteiger partial charge in [0, 0.05) is 19.0 Å². The van der Waals surface area contributed by atoms with Crippen molar-refractivity contribution < 1.29 is 4.42 Å². The Kier molecular flexibility index (Phi) is 3.38. The molecule has 1 aliphatic rings. The maximum atomic E-state index is 5.47. The molecule has 1 heterocycles. The Labute approximate surface area is 98.4 Å². The molecular weight excluding hydrogens is 198 g/mol. The summed E-state index contributed by atoms with van der Waals surface area (Å²) in [5.74, 6) is 1.76. The normalized spacial score (nSPS) is 20.0. The first kappa shape index (κ1) is 11.7. The first-order valence-electron chi connectivity index (χ1n) is 6.36. The Bertz CT molecular complexity index is 313. The van der Waals surface area contributed by atoms with Crippen LogP contribution in [-0.2, 0) is 6.42 Å². The lowest BCUT2D eigenvalue weighted by Gasteiger charge is -2.33. The topological polar surface area (TPSA) is 25.2 Å². The molecule has 0 aromatic carbocycles. The van der Waals surface area contributed by atoms with E-state index >= 15 is 0 Å². The lowest BCUT2D eigenvalue weighted by atomic mass is 9.75. The summed E-state index contributed by atoms with van der Waals surface area (Å²) in [6.45, 7) is 8.06. The SMILES string of the molecule is CC(C)C(C)(CNC1CC1)Cc1ccco1. The molecule has 16 heavy (non-hydrogen) atoms. The van der Waals surface area contributed by atoms with Crippen LogP contribution >= 0.6 is 0 Å². The molecule has 1 saturated carbocycles. The minimum Gasteiger partial charge on any atom is -0.469 e. The van der Waals surface area contributed by atoms with Crippen LogP contribution in [0.5, 0.6) is 0 Å². The van der Waals surface area contributed by atoms with Crippen LogP contribution in [0.2, 0.25) is 0 Å². The van der Waals surface area contributed by atoms with E-state index in [0.717, 1.165) is 24.8 Å². The van der Waals surface area contributed by atoms with E-state index in [2.05, 4.69) is 32.2 Å². The molecule has 0 spiro atoms. The summed E-state index contributed by atoms with van der Waals surface area (Å²) >= 11 is 0. The van der Waals surface area contributed by atoms with Gasteiger partial charge in [0.05, 0.1) is 6.26 Å². The van der Waals surface area contributed by atoms with Crippen LogP contribution in [0.15, 0.2) is 22.8 Å². The van der Waals surface area contributed by atoms with Crippen LogP contribution in [0.1, 0.15) is 39.4 Å². The molecule has 90 valence electrons. The second-order valence-electron chi connectivity index (χ2n) is 5.72. The molecule has 0 amide bonds. The van der Waals surface area contributed by atoms with Crippen LogP contribution < -0.4 is 5.32 Å². The van der Waals surface area contributed by atoms with Crippen LogP contribution in [0.25, 0.3) is 0 Å². The molecule has 1 aliphatic carbocycles. The van der Waals surface area contributed by atoms with Gasteiger partial charge in [0.2, 0.25) is 0 Å². The highest BCUT2D eigenvalue weighted by Crippen LogP contribution is 2.32. The van der Waals surface area contributed by atoms with Gasteiger partial charge < -0.3 is 9.73 Å². The first-order chi connectivity index (χ1) is 7.60. The zero-order valence-electron chi connectivity index (χ0n) is 10.6. The van der Waals surface area contributed by atoms with Gasteiger partial charge >= 0.3 is 0 Å². The summed E-state index contributed by atoms with van der Waals surface area (Å²) in [5, 5.41) is 3.65. The molecule has 1 unspecified atom stereocenters. The van der Waals surface area contributed by atoms with Crippen molar-refractivity contribution in [1.29, 1.82) is 0 Å². The van der Waals surface area contributed by atoms with E-state index in [1.807, 2.05) is 6.07 Å². The lowest BCUT2D eigenvalue weighted by Crippen LogP contribution is -2.38. The third-order valence-electron chi connectivity index (χ3n) is 3.92.